The molecule has 0 radical (unpaired) electrons. The number of carbonyl (C=O) groups excluding carboxylic acids is 1. The molecule has 0 unspecified atom stereocenters. The highest BCUT2D eigenvalue weighted by molar-refractivity contribution is 6.30. The van der Waals surface area contributed by atoms with Crippen molar-refractivity contribution in [2.24, 2.45) is 0 Å². The highest BCUT2D eigenvalue weighted by Gasteiger charge is 2.14. The number of carbonyl (C=O) groups is 1. The van der Waals surface area contributed by atoms with Crippen LogP contribution in [0.5, 0.6) is 0 Å². The van der Waals surface area contributed by atoms with E-state index in [2.05, 4.69) is 10.3 Å². The SMILES string of the molecule is C[C@@H](CCc1ccco1)NC(=O)c1cn2cc(Cl)ccc2n1. The van der Waals surface area contributed by atoms with Crippen LogP contribution in [0, 0.1) is 0 Å². The summed E-state index contributed by atoms with van der Waals surface area (Å²) in [6, 6.07) is 7.35. The fraction of sp³-hybridized carbons (Fsp3) is 0.250. The Bertz CT molecular complexity index is 780. The zero-order valence-corrected chi connectivity index (χ0v) is 12.9. The number of fused-ring (bicyclic) bond motifs is 1. The van der Waals surface area contributed by atoms with Gasteiger partial charge in [-0.15, -0.1) is 0 Å². The molecule has 1 N–H and O–H groups in total. The molecule has 1 atom stereocenters. The second kappa shape index (κ2) is 6.23. The zero-order chi connectivity index (χ0) is 15.5. The summed E-state index contributed by atoms with van der Waals surface area (Å²) in [6.45, 7) is 1.97. The van der Waals surface area contributed by atoms with Crippen molar-refractivity contribution in [1.29, 1.82) is 0 Å². The lowest BCUT2D eigenvalue weighted by Gasteiger charge is -2.11. The highest BCUT2D eigenvalue weighted by Crippen LogP contribution is 2.12. The predicted octanol–water partition coefficient (Wildman–Crippen LogP) is 3.33. The van der Waals surface area contributed by atoms with E-state index in [0.29, 0.717) is 16.4 Å². The van der Waals surface area contributed by atoms with Crippen molar-refractivity contribution in [2.75, 3.05) is 0 Å². The molecule has 0 aliphatic heterocycles. The van der Waals surface area contributed by atoms with E-state index in [0.717, 1.165) is 18.6 Å². The second-order valence-corrected chi connectivity index (χ2v) is 5.67. The van der Waals surface area contributed by atoms with Crippen molar-refractivity contribution in [2.45, 2.75) is 25.8 Å². The Balaban J connectivity index is 1.62. The molecule has 114 valence electrons. The Morgan fingerprint density at radius 1 is 1.41 bits per heavy atom. The monoisotopic (exact) mass is 317 g/mol. The lowest BCUT2D eigenvalue weighted by molar-refractivity contribution is 0.0933. The zero-order valence-electron chi connectivity index (χ0n) is 12.1. The van der Waals surface area contributed by atoms with Crippen molar-refractivity contribution in [3.05, 3.63) is 59.4 Å². The molecule has 0 bridgehead atoms. The third-order valence-electron chi connectivity index (χ3n) is 3.43. The summed E-state index contributed by atoms with van der Waals surface area (Å²) in [6.07, 6.45) is 6.64. The molecule has 3 aromatic rings. The van der Waals surface area contributed by atoms with Crippen LogP contribution in [0.3, 0.4) is 0 Å². The molecule has 5 nitrogen and oxygen atoms in total. The average Bonchev–Trinajstić information content (AvgIpc) is 3.13. The summed E-state index contributed by atoms with van der Waals surface area (Å²) in [5.41, 5.74) is 1.07. The number of aromatic nitrogens is 2. The molecule has 0 saturated carbocycles. The van der Waals surface area contributed by atoms with Gasteiger partial charge in [-0.3, -0.25) is 4.79 Å². The highest BCUT2D eigenvalue weighted by atomic mass is 35.5. The molecular formula is C16H16ClN3O2. The van der Waals surface area contributed by atoms with Gasteiger partial charge < -0.3 is 14.1 Å². The van der Waals surface area contributed by atoms with Crippen molar-refractivity contribution in [3.8, 4) is 0 Å². The molecule has 0 fully saturated rings. The van der Waals surface area contributed by atoms with Crippen LogP contribution in [-0.4, -0.2) is 21.3 Å². The maximum Gasteiger partial charge on any atom is 0.271 e. The topological polar surface area (TPSA) is 59.5 Å². The molecule has 0 aliphatic carbocycles. The predicted molar refractivity (Wildman–Crippen MR) is 84.2 cm³/mol. The second-order valence-electron chi connectivity index (χ2n) is 5.23. The van der Waals surface area contributed by atoms with Gasteiger partial charge >= 0.3 is 0 Å². The maximum absolute atomic E-state index is 12.2. The van der Waals surface area contributed by atoms with Crippen LogP contribution in [0.15, 0.2) is 47.3 Å². The molecule has 0 saturated heterocycles. The van der Waals surface area contributed by atoms with Crippen LogP contribution in [0.2, 0.25) is 5.02 Å². The van der Waals surface area contributed by atoms with E-state index in [1.54, 1.807) is 35.2 Å². The number of pyridine rings is 1. The van der Waals surface area contributed by atoms with Gasteiger partial charge in [-0.1, -0.05) is 11.6 Å². The Labute approximate surface area is 132 Å². The molecule has 6 heteroatoms. The summed E-state index contributed by atoms with van der Waals surface area (Å²) in [5.74, 6) is 0.732. The van der Waals surface area contributed by atoms with E-state index in [1.807, 2.05) is 19.1 Å². The quantitative estimate of drug-likeness (QED) is 0.785. The molecular weight excluding hydrogens is 302 g/mol. The first-order valence-electron chi connectivity index (χ1n) is 7.09. The smallest absolute Gasteiger partial charge is 0.271 e. The van der Waals surface area contributed by atoms with E-state index >= 15 is 0 Å². The molecule has 0 aliphatic rings. The van der Waals surface area contributed by atoms with Gasteiger partial charge in [0, 0.05) is 24.9 Å². The Kier molecular flexibility index (Phi) is 4.15. The Morgan fingerprint density at radius 3 is 3.05 bits per heavy atom. The standard InChI is InChI=1S/C16H16ClN3O2/c1-11(4-6-13-3-2-8-22-13)18-16(21)14-10-20-9-12(17)5-7-15(20)19-14/h2-3,5,7-11H,4,6H2,1H3,(H,18,21)/t11-/m0/s1. The largest absolute Gasteiger partial charge is 0.469 e. The van der Waals surface area contributed by atoms with Crippen LogP contribution in [0.25, 0.3) is 5.65 Å². The van der Waals surface area contributed by atoms with Gasteiger partial charge in [0.15, 0.2) is 0 Å². The first-order valence-corrected chi connectivity index (χ1v) is 7.47. The molecule has 0 aromatic carbocycles. The minimum absolute atomic E-state index is 0.0333. The van der Waals surface area contributed by atoms with E-state index in [1.165, 1.54) is 0 Å². The van der Waals surface area contributed by atoms with Gasteiger partial charge in [0.25, 0.3) is 5.91 Å². The number of hydrogen-bond donors (Lipinski definition) is 1. The third kappa shape index (κ3) is 3.31. The molecule has 3 rings (SSSR count). The molecule has 3 heterocycles. The summed E-state index contributed by atoms with van der Waals surface area (Å²) in [5, 5.41) is 3.55. The number of furan rings is 1. The van der Waals surface area contributed by atoms with Crippen molar-refractivity contribution in [1.82, 2.24) is 14.7 Å². The third-order valence-corrected chi connectivity index (χ3v) is 3.65. The number of imidazole rings is 1. The summed E-state index contributed by atoms with van der Waals surface area (Å²) >= 11 is 5.92. The molecule has 1 amide bonds. The van der Waals surface area contributed by atoms with Crippen LogP contribution in [-0.2, 0) is 6.42 Å². The van der Waals surface area contributed by atoms with E-state index in [4.69, 9.17) is 16.0 Å². The summed E-state index contributed by atoms with van der Waals surface area (Å²) in [4.78, 5) is 16.5. The first-order chi connectivity index (χ1) is 10.6. The number of hydrogen-bond acceptors (Lipinski definition) is 3. The normalized spacial score (nSPS) is 12.5. The molecule has 3 aromatic heterocycles. The Morgan fingerprint density at radius 2 is 2.27 bits per heavy atom. The lowest BCUT2D eigenvalue weighted by Crippen LogP contribution is -2.33. The van der Waals surface area contributed by atoms with E-state index < -0.39 is 0 Å². The first kappa shape index (κ1) is 14.7. The summed E-state index contributed by atoms with van der Waals surface area (Å²) < 4.78 is 7.02. The maximum atomic E-state index is 12.2. The fourth-order valence-electron chi connectivity index (χ4n) is 2.26. The number of amides is 1. The Hall–Kier alpha value is -2.27. The number of nitrogens with one attached hydrogen (secondary N) is 1. The van der Waals surface area contributed by atoms with Gasteiger partial charge in [-0.25, -0.2) is 4.98 Å². The van der Waals surface area contributed by atoms with Crippen molar-refractivity contribution >= 4 is 23.2 Å². The average molecular weight is 318 g/mol. The van der Waals surface area contributed by atoms with E-state index in [-0.39, 0.29) is 11.9 Å². The van der Waals surface area contributed by atoms with Crippen LogP contribution in [0.4, 0.5) is 0 Å². The minimum Gasteiger partial charge on any atom is -0.469 e. The number of aryl methyl sites for hydroxylation is 1. The number of nitrogens with zero attached hydrogens (tertiary/aromatic N) is 2. The van der Waals surface area contributed by atoms with Crippen LogP contribution < -0.4 is 5.32 Å². The van der Waals surface area contributed by atoms with Gasteiger partial charge in [0.05, 0.1) is 11.3 Å². The van der Waals surface area contributed by atoms with Gasteiger partial charge in [-0.05, 0) is 37.6 Å². The molecule has 0 spiro atoms. The van der Waals surface area contributed by atoms with Crippen molar-refractivity contribution < 1.29 is 9.21 Å². The van der Waals surface area contributed by atoms with Crippen LogP contribution >= 0.6 is 11.6 Å². The minimum atomic E-state index is -0.188. The molecule has 22 heavy (non-hydrogen) atoms. The van der Waals surface area contributed by atoms with Crippen molar-refractivity contribution in [3.63, 3.8) is 0 Å². The number of rotatable bonds is 5. The van der Waals surface area contributed by atoms with Crippen LogP contribution in [0.1, 0.15) is 29.6 Å². The summed E-state index contributed by atoms with van der Waals surface area (Å²) in [7, 11) is 0. The van der Waals surface area contributed by atoms with E-state index in [9.17, 15) is 4.79 Å². The van der Waals surface area contributed by atoms with Gasteiger partial charge in [0.2, 0.25) is 0 Å². The fourth-order valence-corrected chi connectivity index (χ4v) is 2.43. The van der Waals surface area contributed by atoms with Gasteiger partial charge in [-0.2, -0.15) is 0 Å². The van der Waals surface area contributed by atoms with Gasteiger partial charge in [0.1, 0.15) is 17.1 Å². The number of halogens is 1. The lowest BCUT2D eigenvalue weighted by atomic mass is 10.1.